The smallest absolute Gasteiger partial charge is 0.294 e. The van der Waals surface area contributed by atoms with Crippen LogP contribution in [-0.4, -0.2) is 42.7 Å². The summed E-state index contributed by atoms with van der Waals surface area (Å²) < 4.78 is 29.6. The first-order valence-electron chi connectivity index (χ1n) is 8.34. The molecule has 1 heterocycles. The van der Waals surface area contributed by atoms with Gasteiger partial charge in [-0.1, -0.05) is 42.0 Å². The summed E-state index contributed by atoms with van der Waals surface area (Å²) in [4.78, 5) is 2.35. The molecule has 0 atom stereocenters. The van der Waals surface area contributed by atoms with Gasteiger partial charge in [0.25, 0.3) is 10.1 Å². The molecule has 3 rings (SSSR count). The minimum absolute atomic E-state index is 0.0666. The van der Waals surface area contributed by atoms with E-state index >= 15 is 0 Å². The van der Waals surface area contributed by atoms with Crippen molar-refractivity contribution in [2.75, 3.05) is 19.7 Å². The fourth-order valence-corrected chi connectivity index (χ4v) is 3.23. The maximum absolute atomic E-state index is 10.5. The Morgan fingerprint density at radius 2 is 1.68 bits per heavy atom. The summed E-state index contributed by atoms with van der Waals surface area (Å²) in [7, 11) is -4.02. The van der Waals surface area contributed by atoms with Crippen LogP contribution in [0.15, 0.2) is 53.4 Å². The van der Waals surface area contributed by atoms with E-state index in [-0.39, 0.29) is 4.90 Å². The SMILES string of the molecule is Cc1ccc(S(=O)(=O)O)cc1.OCCCN1CCc2ccccc2C1. The predicted molar refractivity (Wildman–Crippen MR) is 98.1 cm³/mol. The van der Waals surface area contributed by atoms with Crippen molar-refractivity contribution in [2.45, 2.75) is 31.2 Å². The lowest BCUT2D eigenvalue weighted by atomic mass is 10.00. The molecular formula is C19H25NO4S. The molecular weight excluding hydrogens is 338 g/mol. The van der Waals surface area contributed by atoms with Crippen molar-refractivity contribution in [3.63, 3.8) is 0 Å². The highest BCUT2D eigenvalue weighted by Gasteiger charge is 2.14. The Balaban J connectivity index is 0.000000186. The Hall–Kier alpha value is -1.73. The third-order valence-corrected chi connectivity index (χ3v) is 5.03. The van der Waals surface area contributed by atoms with Gasteiger partial charge in [0.2, 0.25) is 0 Å². The molecule has 2 aromatic rings. The number of aliphatic hydroxyl groups is 1. The Morgan fingerprint density at radius 3 is 2.28 bits per heavy atom. The van der Waals surface area contributed by atoms with Crippen LogP contribution in [0.4, 0.5) is 0 Å². The second kappa shape index (κ2) is 9.10. The van der Waals surface area contributed by atoms with Gasteiger partial charge in [0.1, 0.15) is 0 Å². The summed E-state index contributed by atoms with van der Waals surface area (Å²) in [5.74, 6) is 0. The molecule has 136 valence electrons. The summed E-state index contributed by atoms with van der Waals surface area (Å²) in [5.41, 5.74) is 3.90. The Kier molecular flexibility index (Phi) is 7.13. The molecule has 1 aliphatic heterocycles. The van der Waals surface area contributed by atoms with Crippen LogP contribution in [0.1, 0.15) is 23.1 Å². The van der Waals surface area contributed by atoms with Crippen molar-refractivity contribution >= 4 is 10.1 Å². The van der Waals surface area contributed by atoms with Gasteiger partial charge in [0.15, 0.2) is 0 Å². The molecule has 25 heavy (non-hydrogen) atoms. The van der Waals surface area contributed by atoms with Gasteiger partial charge in [-0.3, -0.25) is 9.45 Å². The van der Waals surface area contributed by atoms with Gasteiger partial charge in [-0.15, -0.1) is 0 Å². The van der Waals surface area contributed by atoms with Crippen molar-refractivity contribution in [1.82, 2.24) is 4.90 Å². The number of rotatable bonds is 4. The van der Waals surface area contributed by atoms with Gasteiger partial charge < -0.3 is 5.11 Å². The van der Waals surface area contributed by atoms with Crippen LogP contribution in [0.2, 0.25) is 0 Å². The van der Waals surface area contributed by atoms with Crippen LogP contribution in [0.5, 0.6) is 0 Å². The maximum atomic E-state index is 10.5. The lowest BCUT2D eigenvalue weighted by Crippen LogP contribution is -2.31. The van der Waals surface area contributed by atoms with Crippen molar-refractivity contribution in [3.05, 3.63) is 65.2 Å². The Labute approximate surface area is 149 Å². The molecule has 1 aliphatic rings. The predicted octanol–water partition coefficient (Wildman–Crippen LogP) is 2.67. The third kappa shape index (κ3) is 6.25. The molecule has 6 heteroatoms. The first kappa shape index (κ1) is 19.6. The highest BCUT2D eigenvalue weighted by atomic mass is 32.2. The number of aryl methyl sites for hydroxylation is 1. The zero-order valence-corrected chi connectivity index (χ0v) is 15.2. The summed E-state index contributed by atoms with van der Waals surface area (Å²) in [5, 5.41) is 8.77. The number of aliphatic hydroxyl groups excluding tert-OH is 1. The standard InChI is InChI=1S/C12H17NO.C7H8O3S/c14-9-3-7-13-8-6-11-4-1-2-5-12(11)10-13;1-6-2-4-7(5-3-6)11(8,9)10/h1-2,4-5,14H,3,6-10H2;2-5H,1H3,(H,8,9,10). The van der Waals surface area contributed by atoms with E-state index in [1.807, 2.05) is 6.92 Å². The molecule has 0 spiro atoms. The molecule has 0 amide bonds. The van der Waals surface area contributed by atoms with E-state index in [2.05, 4.69) is 29.2 Å². The number of benzene rings is 2. The molecule has 0 radical (unpaired) electrons. The van der Waals surface area contributed by atoms with Crippen LogP contribution in [0, 0.1) is 6.92 Å². The summed E-state index contributed by atoms with van der Waals surface area (Å²) in [6, 6.07) is 14.6. The van der Waals surface area contributed by atoms with Crippen LogP contribution in [-0.2, 0) is 23.1 Å². The van der Waals surface area contributed by atoms with Crippen molar-refractivity contribution in [2.24, 2.45) is 0 Å². The molecule has 0 saturated heterocycles. The van der Waals surface area contributed by atoms with Gasteiger partial charge >= 0.3 is 0 Å². The zero-order chi connectivity index (χ0) is 18.3. The average molecular weight is 363 g/mol. The van der Waals surface area contributed by atoms with E-state index in [1.165, 1.54) is 23.3 Å². The average Bonchev–Trinajstić information content (AvgIpc) is 2.60. The maximum Gasteiger partial charge on any atom is 0.294 e. The van der Waals surface area contributed by atoms with Gasteiger partial charge in [0, 0.05) is 26.2 Å². The number of nitrogens with zero attached hydrogens (tertiary/aromatic N) is 1. The van der Waals surface area contributed by atoms with Crippen LogP contribution >= 0.6 is 0 Å². The molecule has 2 aromatic carbocycles. The number of hydrogen-bond donors (Lipinski definition) is 2. The normalized spacial score (nSPS) is 14.4. The molecule has 0 aromatic heterocycles. The fraction of sp³-hybridized carbons (Fsp3) is 0.368. The summed E-state index contributed by atoms with van der Waals surface area (Å²) in [6.07, 6.45) is 2.05. The first-order chi connectivity index (χ1) is 11.9. The van der Waals surface area contributed by atoms with Crippen molar-refractivity contribution in [3.8, 4) is 0 Å². The van der Waals surface area contributed by atoms with Crippen molar-refractivity contribution in [1.29, 1.82) is 0 Å². The van der Waals surface area contributed by atoms with E-state index < -0.39 is 10.1 Å². The van der Waals surface area contributed by atoms with Gasteiger partial charge in [-0.2, -0.15) is 8.42 Å². The van der Waals surface area contributed by atoms with Crippen molar-refractivity contribution < 1.29 is 18.1 Å². The monoisotopic (exact) mass is 363 g/mol. The van der Waals surface area contributed by atoms with Crippen LogP contribution in [0.3, 0.4) is 0 Å². The van der Waals surface area contributed by atoms with E-state index in [1.54, 1.807) is 12.1 Å². The molecule has 0 saturated carbocycles. The van der Waals surface area contributed by atoms with E-state index in [0.29, 0.717) is 6.61 Å². The molecule has 0 unspecified atom stereocenters. The van der Waals surface area contributed by atoms with Crippen LogP contribution < -0.4 is 0 Å². The molecule has 0 aliphatic carbocycles. The number of fused-ring (bicyclic) bond motifs is 1. The molecule has 0 fully saturated rings. The quantitative estimate of drug-likeness (QED) is 0.817. The van der Waals surface area contributed by atoms with E-state index in [9.17, 15) is 8.42 Å². The Bertz CT molecular complexity index is 772. The lowest BCUT2D eigenvalue weighted by Gasteiger charge is -2.28. The first-order valence-corrected chi connectivity index (χ1v) is 9.78. The topological polar surface area (TPSA) is 77.8 Å². The Morgan fingerprint density at radius 1 is 1.04 bits per heavy atom. The largest absolute Gasteiger partial charge is 0.396 e. The van der Waals surface area contributed by atoms with E-state index in [0.717, 1.165) is 38.0 Å². The summed E-state index contributed by atoms with van der Waals surface area (Å²) >= 11 is 0. The van der Waals surface area contributed by atoms with Crippen LogP contribution in [0.25, 0.3) is 0 Å². The second-order valence-electron chi connectivity index (χ2n) is 6.16. The molecule has 2 N–H and O–H groups in total. The minimum Gasteiger partial charge on any atom is -0.396 e. The second-order valence-corrected chi connectivity index (χ2v) is 7.58. The highest BCUT2D eigenvalue weighted by Crippen LogP contribution is 2.18. The van der Waals surface area contributed by atoms with E-state index in [4.69, 9.17) is 9.66 Å². The zero-order valence-electron chi connectivity index (χ0n) is 14.4. The summed E-state index contributed by atoms with van der Waals surface area (Å²) in [6.45, 7) is 5.35. The minimum atomic E-state index is -4.02. The van der Waals surface area contributed by atoms with Gasteiger partial charge in [0.05, 0.1) is 4.90 Å². The molecule has 5 nitrogen and oxygen atoms in total. The lowest BCUT2D eigenvalue weighted by molar-refractivity contribution is 0.212. The number of hydrogen-bond acceptors (Lipinski definition) is 4. The van der Waals surface area contributed by atoms with Gasteiger partial charge in [-0.05, 0) is 43.0 Å². The molecule has 0 bridgehead atoms. The van der Waals surface area contributed by atoms with Gasteiger partial charge in [-0.25, -0.2) is 0 Å². The third-order valence-electron chi connectivity index (χ3n) is 4.16. The fourth-order valence-electron chi connectivity index (χ4n) is 2.75. The highest BCUT2D eigenvalue weighted by molar-refractivity contribution is 7.85.